The molecule has 0 aliphatic heterocycles. The lowest BCUT2D eigenvalue weighted by Gasteiger charge is -2.48. The van der Waals surface area contributed by atoms with Gasteiger partial charge in [0.15, 0.2) is 0 Å². The van der Waals surface area contributed by atoms with Crippen molar-refractivity contribution in [3.63, 3.8) is 0 Å². The normalized spacial score (nSPS) is 22.0. The summed E-state index contributed by atoms with van der Waals surface area (Å²) in [7, 11) is 4.94. The summed E-state index contributed by atoms with van der Waals surface area (Å²) in [4.78, 5) is 85.6. The van der Waals surface area contributed by atoms with E-state index in [0.717, 1.165) is 62.9 Å². The van der Waals surface area contributed by atoms with Gasteiger partial charge in [-0.05, 0) is 105 Å². The number of amides is 6. The zero-order valence-electron chi connectivity index (χ0n) is 47.9. The van der Waals surface area contributed by atoms with Crippen LogP contribution in [0.1, 0.15) is 184 Å². The molecular weight excluding hydrogens is 929 g/mol. The lowest BCUT2D eigenvalue weighted by molar-refractivity contribution is -0.120. The second-order valence-electron chi connectivity index (χ2n) is 23.5. The van der Waals surface area contributed by atoms with E-state index in [0.29, 0.717) is 24.5 Å². The van der Waals surface area contributed by atoms with Crippen LogP contribution < -0.4 is 37.7 Å². The van der Waals surface area contributed by atoms with Gasteiger partial charge in [0.25, 0.3) is 11.1 Å². The van der Waals surface area contributed by atoms with Crippen LogP contribution in [-0.4, -0.2) is 102 Å². The highest BCUT2D eigenvalue weighted by Gasteiger charge is 2.44. The van der Waals surface area contributed by atoms with Gasteiger partial charge in [-0.25, -0.2) is 24.4 Å². The van der Waals surface area contributed by atoms with E-state index < -0.39 is 12.1 Å². The summed E-state index contributed by atoms with van der Waals surface area (Å²) in [6.45, 7) is 29.0. The minimum Gasteiger partial charge on any atom is -0.453 e. The third kappa shape index (κ3) is 24.7. The average Bonchev–Trinajstić information content (AvgIpc) is 3.27. The van der Waals surface area contributed by atoms with Crippen LogP contribution in [0.3, 0.4) is 0 Å². The highest BCUT2D eigenvalue weighted by Crippen LogP contribution is 2.48. The molecule has 18 nitrogen and oxygen atoms in total. The summed E-state index contributed by atoms with van der Waals surface area (Å²) in [6.07, 6.45) is 17.2. The first-order valence-corrected chi connectivity index (χ1v) is 26.9. The molecular formula is C55H98N10O8. The van der Waals surface area contributed by atoms with Gasteiger partial charge in [0.05, 0.1) is 7.11 Å². The van der Waals surface area contributed by atoms with Crippen molar-refractivity contribution >= 4 is 36.0 Å². The SMILES string of the molecule is CC(=O)NC1CC(C)(C)CC(C)(CNC(=O)Nc2nc(C)cc(=O)[nH]2)C1.CCCC(CC)CCC(CC)CC(CC)CCOC.COC(=O)N(C)C1CC(C)(C)CC(C)(CNC(=O)Nc2nc(C)cc(=O)[nH]2)C1. The topological polar surface area (TPSA) is 242 Å². The molecule has 7 N–H and O–H groups in total. The number of ether oxygens (including phenoxy) is 2. The molecule has 0 aromatic carbocycles. The smallest absolute Gasteiger partial charge is 0.409 e. The van der Waals surface area contributed by atoms with Gasteiger partial charge in [-0.3, -0.25) is 35.0 Å². The second kappa shape index (κ2) is 30.4. The summed E-state index contributed by atoms with van der Waals surface area (Å²) >= 11 is 0. The number of aryl methyl sites for hydroxylation is 2. The number of hydrogen-bond donors (Lipinski definition) is 7. The number of H-pyrrole nitrogens is 2. The van der Waals surface area contributed by atoms with E-state index in [4.69, 9.17) is 9.47 Å². The summed E-state index contributed by atoms with van der Waals surface area (Å²) < 4.78 is 10.1. The molecule has 0 bridgehead atoms. The number of nitrogens with one attached hydrogen (secondary N) is 7. The maximum Gasteiger partial charge on any atom is 0.409 e. The van der Waals surface area contributed by atoms with E-state index in [9.17, 15) is 28.8 Å². The average molecular weight is 1030 g/mol. The van der Waals surface area contributed by atoms with Crippen LogP contribution in [0.15, 0.2) is 21.7 Å². The molecule has 2 aliphatic rings. The summed E-state index contributed by atoms with van der Waals surface area (Å²) in [5, 5.41) is 13.9. The zero-order chi connectivity index (χ0) is 55.2. The van der Waals surface area contributed by atoms with Gasteiger partial charge in [-0.1, -0.05) is 114 Å². The Labute approximate surface area is 437 Å². The minimum absolute atomic E-state index is 0.0153. The van der Waals surface area contributed by atoms with Crippen molar-refractivity contribution < 1.29 is 28.7 Å². The summed E-state index contributed by atoms with van der Waals surface area (Å²) in [5.74, 6) is 2.98. The summed E-state index contributed by atoms with van der Waals surface area (Å²) in [5.41, 5.74) is 0.170. The Kier molecular flexibility index (Phi) is 26.7. The number of hydrogen-bond acceptors (Lipinski definition) is 10. The number of nitrogens with zero attached hydrogens (tertiary/aromatic N) is 3. The van der Waals surface area contributed by atoms with E-state index >= 15 is 0 Å². The molecule has 4 rings (SSSR count). The van der Waals surface area contributed by atoms with Crippen LogP contribution in [0.2, 0.25) is 0 Å². The van der Waals surface area contributed by atoms with E-state index in [-0.39, 0.29) is 68.8 Å². The van der Waals surface area contributed by atoms with Crippen LogP contribution in [0, 0.1) is 53.3 Å². The molecule has 0 radical (unpaired) electrons. The van der Waals surface area contributed by atoms with Crippen molar-refractivity contribution in [3.05, 3.63) is 44.2 Å². The predicted octanol–water partition coefficient (Wildman–Crippen LogP) is 10.5. The molecule has 18 heteroatoms. The number of urea groups is 2. The van der Waals surface area contributed by atoms with Gasteiger partial charge in [0.2, 0.25) is 17.8 Å². The predicted molar refractivity (Wildman–Crippen MR) is 293 cm³/mol. The molecule has 0 saturated heterocycles. The van der Waals surface area contributed by atoms with Crippen LogP contribution in [0.5, 0.6) is 0 Å². The Morgan fingerprint density at radius 2 is 1.16 bits per heavy atom. The maximum atomic E-state index is 12.3. The largest absolute Gasteiger partial charge is 0.453 e. The Morgan fingerprint density at radius 1 is 0.699 bits per heavy atom. The molecule has 2 aromatic rings. The number of rotatable bonds is 21. The number of methoxy groups -OCH3 is 2. The molecule has 2 fully saturated rings. The van der Waals surface area contributed by atoms with Crippen molar-refractivity contribution in [2.45, 2.75) is 198 Å². The van der Waals surface area contributed by atoms with Gasteiger partial charge in [-0.2, -0.15) is 0 Å². The Balaban J connectivity index is 0.000000383. The number of carbonyl (C=O) groups excluding carboxylic acids is 4. The van der Waals surface area contributed by atoms with Crippen LogP contribution >= 0.6 is 0 Å². The number of anilines is 2. The van der Waals surface area contributed by atoms with Crippen LogP contribution in [0.25, 0.3) is 0 Å². The standard InChI is InChI=1S/C19H31N5O4.C18H29N5O3.C18H38O/c1-12-7-14(25)22-15(21-12)23-16(26)20-11-19(4)9-13(8-18(2,3)10-19)24(5)17(27)28-6;1-11-6-14(25)22-15(20-11)23-16(26)19-10-18(5)8-13(21-12(2)24)7-17(3,4)9-18;1-6-10-16(7-2)11-12-17(8-3)15-18(9-4)13-14-19-5/h7,13H,8-11H2,1-6H3,(H3,20,21,22,23,25,26);6,13H,7-10H2,1-5H3,(H,21,24)(H3,19,20,22,23,25,26);16-18H,6-15H2,1-5H3. The lowest BCUT2D eigenvalue weighted by Crippen LogP contribution is -2.51. The monoisotopic (exact) mass is 1030 g/mol. The fourth-order valence-electron chi connectivity index (χ4n) is 11.8. The molecule has 416 valence electrons. The van der Waals surface area contributed by atoms with Crippen LogP contribution in [-0.2, 0) is 14.3 Å². The highest BCUT2D eigenvalue weighted by molar-refractivity contribution is 5.87. The van der Waals surface area contributed by atoms with Gasteiger partial charge in [0, 0.05) is 76.4 Å². The quantitative estimate of drug-likeness (QED) is 0.0624. The number of aromatic amines is 2. The molecule has 2 heterocycles. The minimum atomic E-state index is -0.434. The molecule has 73 heavy (non-hydrogen) atoms. The molecule has 7 unspecified atom stereocenters. The highest BCUT2D eigenvalue weighted by atomic mass is 16.5. The molecule has 6 amide bonds. The van der Waals surface area contributed by atoms with Crippen molar-refractivity contribution in [2.75, 3.05) is 51.6 Å². The lowest BCUT2D eigenvalue weighted by atomic mass is 9.62. The molecule has 0 spiro atoms. The Morgan fingerprint density at radius 3 is 1.60 bits per heavy atom. The molecule has 7 atom stereocenters. The van der Waals surface area contributed by atoms with Crippen molar-refractivity contribution in [3.8, 4) is 0 Å². The van der Waals surface area contributed by atoms with E-state index in [1.54, 1.807) is 25.8 Å². The van der Waals surface area contributed by atoms with Crippen molar-refractivity contribution in [1.29, 1.82) is 0 Å². The van der Waals surface area contributed by atoms with Gasteiger partial charge in [0.1, 0.15) is 0 Å². The van der Waals surface area contributed by atoms with Crippen molar-refractivity contribution in [2.24, 2.45) is 39.4 Å². The van der Waals surface area contributed by atoms with Crippen LogP contribution in [0.4, 0.5) is 26.3 Å². The van der Waals surface area contributed by atoms with Gasteiger partial charge < -0.3 is 30.3 Å². The van der Waals surface area contributed by atoms with Gasteiger partial charge in [-0.15, -0.1) is 0 Å². The summed E-state index contributed by atoms with van der Waals surface area (Å²) in [6, 6.07) is 1.99. The first-order chi connectivity index (χ1) is 34.1. The Bertz CT molecular complexity index is 2140. The third-order valence-electron chi connectivity index (χ3n) is 14.6. The van der Waals surface area contributed by atoms with Gasteiger partial charge >= 0.3 is 18.2 Å². The first-order valence-electron chi connectivity index (χ1n) is 26.9. The first kappa shape index (κ1) is 64.1. The molecule has 2 aliphatic carbocycles. The zero-order valence-corrected chi connectivity index (χ0v) is 47.9. The van der Waals surface area contributed by atoms with Crippen molar-refractivity contribution in [1.82, 2.24) is 40.8 Å². The van der Waals surface area contributed by atoms with E-state index in [2.05, 4.69) is 116 Å². The number of carbonyl (C=O) groups is 4. The third-order valence-corrected chi connectivity index (χ3v) is 14.6. The number of aromatic nitrogens is 4. The maximum absolute atomic E-state index is 12.3. The fraction of sp³-hybridized carbons (Fsp3) is 0.782. The Hall–Kier alpha value is -5.00. The molecule has 2 aromatic heterocycles. The molecule has 2 saturated carbocycles. The van der Waals surface area contributed by atoms with E-state index in [1.165, 1.54) is 84.0 Å². The fourth-order valence-corrected chi connectivity index (χ4v) is 11.8. The van der Waals surface area contributed by atoms with E-state index in [1.807, 2.05) is 7.11 Å². The second-order valence-corrected chi connectivity index (χ2v) is 23.5.